The minimum Gasteiger partial charge on any atom is -0.461 e. The third-order valence-corrected chi connectivity index (χ3v) is 4.51. The molecule has 0 aliphatic carbocycles. The van der Waals surface area contributed by atoms with Crippen LogP contribution >= 0.6 is 22.7 Å². The van der Waals surface area contributed by atoms with Crippen molar-refractivity contribution in [1.29, 1.82) is 0 Å². The van der Waals surface area contributed by atoms with E-state index in [4.69, 9.17) is 4.74 Å². The molecule has 0 saturated carbocycles. The molecule has 0 fully saturated rings. The van der Waals surface area contributed by atoms with Crippen molar-refractivity contribution in [1.82, 2.24) is 4.98 Å². The summed E-state index contributed by atoms with van der Waals surface area (Å²) in [6.45, 7) is 6.29. The Bertz CT molecular complexity index is 562. The number of aromatic nitrogens is 1. The van der Waals surface area contributed by atoms with Crippen LogP contribution in [0.15, 0.2) is 17.6 Å². The number of hydrogen-bond acceptors (Lipinski definition) is 6. The van der Waals surface area contributed by atoms with Gasteiger partial charge in [0.1, 0.15) is 5.00 Å². The standard InChI is InChI=1S/C13H16N2O2S2/c1-4-17-13(16)11-12(18-7-14-11)15-9(3)10-6-5-8(2)19-10/h5-7,9,15H,4H2,1-3H3. The van der Waals surface area contributed by atoms with E-state index in [2.05, 4.69) is 36.3 Å². The molecule has 0 radical (unpaired) electrons. The molecule has 0 amide bonds. The van der Waals surface area contributed by atoms with Gasteiger partial charge in [-0.05, 0) is 32.9 Å². The van der Waals surface area contributed by atoms with E-state index in [1.165, 1.54) is 21.1 Å². The highest BCUT2D eigenvalue weighted by Gasteiger charge is 2.18. The van der Waals surface area contributed by atoms with Crippen molar-refractivity contribution >= 4 is 33.6 Å². The summed E-state index contributed by atoms with van der Waals surface area (Å²) in [5.74, 6) is -0.374. The first kappa shape index (κ1) is 14.0. The van der Waals surface area contributed by atoms with Crippen molar-refractivity contribution in [3.63, 3.8) is 0 Å². The minimum absolute atomic E-state index is 0.146. The van der Waals surface area contributed by atoms with E-state index in [0.29, 0.717) is 12.3 Å². The van der Waals surface area contributed by atoms with E-state index in [-0.39, 0.29) is 12.0 Å². The summed E-state index contributed by atoms with van der Waals surface area (Å²) in [4.78, 5) is 18.3. The maximum atomic E-state index is 11.7. The molecule has 0 saturated heterocycles. The maximum absolute atomic E-state index is 11.7. The zero-order valence-electron chi connectivity index (χ0n) is 11.1. The molecule has 0 spiro atoms. The molecule has 2 rings (SSSR count). The average molecular weight is 296 g/mol. The van der Waals surface area contributed by atoms with E-state index >= 15 is 0 Å². The number of carbonyl (C=O) groups is 1. The number of rotatable bonds is 5. The van der Waals surface area contributed by atoms with Gasteiger partial charge < -0.3 is 10.1 Å². The molecule has 4 nitrogen and oxygen atoms in total. The van der Waals surface area contributed by atoms with Gasteiger partial charge in [-0.25, -0.2) is 9.78 Å². The van der Waals surface area contributed by atoms with Gasteiger partial charge in [0.05, 0.1) is 18.2 Å². The summed E-state index contributed by atoms with van der Waals surface area (Å²) < 4.78 is 4.99. The maximum Gasteiger partial charge on any atom is 0.360 e. The average Bonchev–Trinajstić information content (AvgIpc) is 2.98. The smallest absolute Gasteiger partial charge is 0.360 e. The van der Waals surface area contributed by atoms with Crippen LogP contribution in [0.3, 0.4) is 0 Å². The Kier molecular flexibility index (Phi) is 4.55. The predicted molar refractivity (Wildman–Crippen MR) is 79.2 cm³/mol. The summed E-state index contributed by atoms with van der Waals surface area (Å²) in [7, 11) is 0. The topological polar surface area (TPSA) is 51.2 Å². The number of nitrogens with one attached hydrogen (secondary N) is 1. The summed E-state index contributed by atoms with van der Waals surface area (Å²) >= 11 is 3.16. The second-order valence-electron chi connectivity index (χ2n) is 4.07. The van der Waals surface area contributed by atoms with E-state index in [9.17, 15) is 4.79 Å². The lowest BCUT2D eigenvalue weighted by Gasteiger charge is -2.12. The molecule has 0 aromatic carbocycles. The lowest BCUT2D eigenvalue weighted by molar-refractivity contribution is 0.0521. The molecule has 2 heterocycles. The molecule has 0 aliphatic heterocycles. The van der Waals surface area contributed by atoms with Crippen molar-refractivity contribution in [3.8, 4) is 0 Å². The molecule has 1 unspecified atom stereocenters. The molecular weight excluding hydrogens is 280 g/mol. The third-order valence-electron chi connectivity index (χ3n) is 2.57. The Balaban J connectivity index is 2.11. The fourth-order valence-electron chi connectivity index (χ4n) is 1.65. The molecule has 1 N–H and O–H groups in total. The van der Waals surface area contributed by atoms with Crippen molar-refractivity contribution in [2.45, 2.75) is 26.8 Å². The number of anilines is 1. The highest BCUT2D eigenvalue weighted by molar-refractivity contribution is 7.14. The molecule has 0 bridgehead atoms. The van der Waals surface area contributed by atoms with Crippen molar-refractivity contribution in [2.24, 2.45) is 0 Å². The van der Waals surface area contributed by atoms with Crippen LogP contribution in [-0.4, -0.2) is 17.6 Å². The lowest BCUT2D eigenvalue weighted by Crippen LogP contribution is -2.10. The molecule has 19 heavy (non-hydrogen) atoms. The molecular formula is C13H16N2O2S2. The zero-order valence-corrected chi connectivity index (χ0v) is 12.7. The number of carbonyl (C=O) groups excluding carboxylic acids is 1. The number of thiophene rings is 1. The molecule has 0 aliphatic rings. The van der Waals surface area contributed by atoms with E-state index in [1.807, 2.05) is 0 Å². The summed E-state index contributed by atoms with van der Waals surface area (Å²) in [5, 5.41) is 4.09. The van der Waals surface area contributed by atoms with Crippen LogP contribution in [0.5, 0.6) is 0 Å². The Hall–Kier alpha value is -1.40. The van der Waals surface area contributed by atoms with Gasteiger partial charge in [-0.3, -0.25) is 0 Å². The highest BCUT2D eigenvalue weighted by Crippen LogP contribution is 2.29. The van der Waals surface area contributed by atoms with Crippen molar-refractivity contribution in [2.75, 3.05) is 11.9 Å². The van der Waals surface area contributed by atoms with Crippen LogP contribution < -0.4 is 5.32 Å². The van der Waals surface area contributed by atoms with Gasteiger partial charge >= 0.3 is 5.97 Å². The molecule has 2 aromatic heterocycles. The monoisotopic (exact) mass is 296 g/mol. The van der Waals surface area contributed by atoms with Gasteiger partial charge in [0.25, 0.3) is 0 Å². The van der Waals surface area contributed by atoms with Crippen LogP contribution in [-0.2, 0) is 4.74 Å². The van der Waals surface area contributed by atoms with Gasteiger partial charge in [-0.1, -0.05) is 0 Å². The van der Waals surface area contributed by atoms with Gasteiger partial charge in [-0.15, -0.1) is 22.7 Å². The normalized spacial score (nSPS) is 12.2. The third kappa shape index (κ3) is 3.33. The quantitative estimate of drug-likeness (QED) is 0.851. The Morgan fingerprint density at radius 1 is 1.53 bits per heavy atom. The highest BCUT2D eigenvalue weighted by atomic mass is 32.1. The Morgan fingerprint density at radius 3 is 2.95 bits per heavy atom. The fraction of sp³-hybridized carbons (Fsp3) is 0.385. The predicted octanol–water partition coefficient (Wildman–Crippen LogP) is 3.86. The first-order valence-corrected chi connectivity index (χ1v) is 7.75. The fourth-order valence-corrected chi connectivity index (χ4v) is 3.28. The van der Waals surface area contributed by atoms with Crippen LogP contribution in [0, 0.1) is 6.92 Å². The molecule has 6 heteroatoms. The summed E-state index contributed by atoms with van der Waals surface area (Å²) in [6.07, 6.45) is 0. The van der Waals surface area contributed by atoms with Crippen LogP contribution in [0.1, 0.15) is 40.1 Å². The van der Waals surface area contributed by atoms with Gasteiger partial charge in [0.15, 0.2) is 5.69 Å². The molecule has 2 aromatic rings. The van der Waals surface area contributed by atoms with Crippen molar-refractivity contribution in [3.05, 3.63) is 33.1 Å². The lowest BCUT2D eigenvalue weighted by atomic mass is 10.2. The second kappa shape index (κ2) is 6.16. The number of aryl methyl sites for hydroxylation is 1. The Morgan fingerprint density at radius 2 is 2.32 bits per heavy atom. The van der Waals surface area contributed by atoms with E-state index in [1.54, 1.807) is 23.8 Å². The minimum atomic E-state index is -0.374. The van der Waals surface area contributed by atoms with Crippen LogP contribution in [0.2, 0.25) is 0 Å². The number of hydrogen-bond donors (Lipinski definition) is 1. The van der Waals surface area contributed by atoms with Crippen LogP contribution in [0.4, 0.5) is 5.00 Å². The second-order valence-corrected chi connectivity index (χ2v) is 6.24. The largest absolute Gasteiger partial charge is 0.461 e. The van der Waals surface area contributed by atoms with Crippen molar-refractivity contribution < 1.29 is 9.53 Å². The Labute approximate surface area is 120 Å². The number of ether oxygens (including phenoxy) is 1. The van der Waals surface area contributed by atoms with E-state index < -0.39 is 0 Å². The molecule has 1 atom stereocenters. The van der Waals surface area contributed by atoms with Gasteiger partial charge in [0, 0.05) is 9.75 Å². The van der Waals surface area contributed by atoms with Crippen LogP contribution in [0.25, 0.3) is 0 Å². The zero-order chi connectivity index (χ0) is 13.8. The summed E-state index contributed by atoms with van der Waals surface area (Å²) in [6, 6.07) is 4.34. The van der Waals surface area contributed by atoms with Gasteiger partial charge in [-0.2, -0.15) is 0 Å². The SMILES string of the molecule is CCOC(=O)c1ncsc1NC(C)c1ccc(C)s1. The first-order chi connectivity index (χ1) is 9.11. The molecule has 102 valence electrons. The number of nitrogens with zero attached hydrogens (tertiary/aromatic N) is 1. The summed E-state index contributed by atoms with van der Waals surface area (Å²) in [5.41, 5.74) is 2.02. The number of esters is 1. The van der Waals surface area contributed by atoms with Gasteiger partial charge in [0.2, 0.25) is 0 Å². The number of thiazole rings is 1. The first-order valence-electron chi connectivity index (χ1n) is 6.05. The van der Waals surface area contributed by atoms with E-state index in [0.717, 1.165) is 5.00 Å².